The van der Waals surface area contributed by atoms with Crippen molar-refractivity contribution in [1.29, 1.82) is 0 Å². The van der Waals surface area contributed by atoms with Crippen LogP contribution < -0.4 is 11.1 Å². The number of hydrogen-bond donors (Lipinski definition) is 2. The Morgan fingerprint density at radius 1 is 1.42 bits per heavy atom. The van der Waals surface area contributed by atoms with E-state index in [0.29, 0.717) is 13.0 Å². The predicted molar refractivity (Wildman–Crippen MR) is 83.1 cm³/mol. The Kier molecular flexibility index (Phi) is 5.33. The molecule has 0 aromatic carbocycles. The first-order valence-electron chi connectivity index (χ1n) is 7.04. The molecule has 0 heterocycles. The largest absolute Gasteiger partial charge is 0.392 e. The highest BCUT2D eigenvalue weighted by atomic mass is 32.1. The van der Waals surface area contributed by atoms with Crippen LogP contribution in [0.15, 0.2) is 0 Å². The summed E-state index contributed by atoms with van der Waals surface area (Å²) in [5.74, 6) is -0.0457. The quantitative estimate of drug-likeness (QED) is 0.729. The molecule has 19 heavy (non-hydrogen) atoms. The third-order valence-electron chi connectivity index (χ3n) is 4.81. The summed E-state index contributed by atoms with van der Waals surface area (Å²) >= 11 is 5.04. The van der Waals surface area contributed by atoms with E-state index >= 15 is 0 Å². The van der Waals surface area contributed by atoms with Gasteiger partial charge in [0, 0.05) is 12.1 Å². The van der Waals surface area contributed by atoms with Crippen LogP contribution in [0.2, 0.25) is 0 Å². The van der Waals surface area contributed by atoms with Crippen molar-refractivity contribution in [2.45, 2.75) is 51.5 Å². The fourth-order valence-corrected chi connectivity index (χ4v) is 2.94. The second kappa shape index (κ2) is 6.18. The van der Waals surface area contributed by atoms with Crippen LogP contribution in [0, 0.1) is 5.41 Å². The number of amides is 1. The molecule has 1 unspecified atom stereocenters. The molecule has 1 amide bonds. The summed E-state index contributed by atoms with van der Waals surface area (Å²) in [6.07, 6.45) is 5.36. The molecule has 5 heteroatoms. The van der Waals surface area contributed by atoms with Crippen molar-refractivity contribution in [3.8, 4) is 0 Å². The minimum Gasteiger partial charge on any atom is -0.392 e. The Morgan fingerprint density at radius 2 is 1.95 bits per heavy atom. The summed E-state index contributed by atoms with van der Waals surface area (Å²) in [5.41, 5.74) is 5.08. The molecule has 3 N–H and O–H groups in total. The SMILES string of the molecule is CCC(C)(C(=O)NCC1(N(C)C)CCCC1)C(N)=S. The van der Waals surface area contributed by atoms with E-state index in [1.54, 1.807) is 0 Å². The summed E-state index contributed by atoms with van der Waals surface area (Å²) in [6, 6.07) is 0. The fourth-order valence-electron chi connectivity index (χ4n) is 2.70. The molecule has 1 aliphatic carbocycles. The van der Waals surface area contributed by atoms with Crippen molar-refractivity contribution in [3.63, 3.8) is 0 Å². The zero-order chi connectivity index (χ0) is 14.7. The molecule has 1 rings (SSSR count). The van der Waals surface area contributed by atoms with Crippen LogP contribution >= 0.6 is 12.2 Å². The van der Waals surface area contributed by atoms with Gasteiger partial charge in [0.05, 0.1) is 10.4 Å². The number of nitrogens with one attached hydrogen (secondary N) is 1. The van der Waals surface area contributed by atoms with E-state index in [2.05, 4.69) is 24.3 Å². The minimum absolute atomic E-state index is 0.0457. The average Bonchev–Trinajstić information content (AvgIpc) is 2.84. The summed E-state index contributed by atoms with van der Waals surface area (Å²) < 4.78 is 0. The lowest BCUT2D eigenvalue weighted by Gasteiger charge is -2.37. The molecular weight excluding hydrogens is 258 g/mol. The van der Waals surface area contributed by atoms with Crippen LogP contribution in [0.4, 0.5) is 0 Å². The normalized spacial score (nSPS) is 21.1. The van der Waals surface area contributed by atoms with E-state index in [0.717, 1.165) is 12.8 Å². The Bertz CT molecular complexity index is 351. The van der Waals surface area contributed by atoms with Crippen LogP contribution in [-0.2, 0) is 4.79 Å². The van der Waals surface area contributed by atoms with Gasteiger partial charge in [0.25, 0.3) is 0 Å². The third-order valence-corrected chi connectivity index (χ3v) is 5.26. The second-order valence-corrected chi connectivity index (χ2v) is 6.50. The van der Waals surface area contributed by atoms with Crippen LogP contribution in [0.1, 0.15) is 46.0 Å². The monoisotopic (exact) mass is 285 g/mol. The summed E-state index contributed by atoms with van der Waals surface area (Å²) in [7, 11) is 4.17. The number of thiocarbonyl (C=S) groups is 1. The number of carbonyl (C=O) groups excluding carboxylic acids is 1. The van der Waals surface area contributed by atoms with E-state index in [-0.39, 0.29) is 16.4 Å². The number of carbonyl (C=O) groups is 1. The van der Waals surface area contributed by atoms with Crippen molar-refractivity contribution in [2.75, 3.05) is 20.6 Å². The molecule has 0 aliphatic heterocycles. The van der Waals surface area contributed by atoms with E-state index in [1.807, 2.05) is 13.8 Å². The highest BCUT2D eigenvalue weighted by molar-refractivity contribution is 7.80. The number of nitrogens with two attached hydrogens (primary N) is 1. The van der Waals surface area contributed by atoms with Crippen molar-refractivity contribution in [3.05, 3.63) is 0 Å². The topological polar surface area (TPSA) is 58.4 Å². The number of rotatable bonds is 6. The summed E-state index contributed by atoms with van der Waals surface area (Å²) in [5, 5.41) is 3.07. The van der Waals surface area contributed by atoms with Gasteiger partial charge in [-0.3, -0.25) is 4.79 Å². The summed E-state index contributed by atoms with van der Waals surface area (Å²) in [4.78, 5) is 14.9. The Balaban J connectivity index is 2.70. The second-order valence-electron chi connectivity index (χ2n) is 6.06. The molecule has 1 saturated carbocycles. The molecule has 1 atom stereocenters. The fraction of sp³-hybridized carbons (Fsp3) is 0.857. The first-order valence-corrected chi connectivity index (χ1v) is 7.45. The summed E-state index contributed by atoms with van der Waals surface area (Å²) in [6.45, 7) is 4.44. The van der Waals surface area contributed by atoms with Crippen molar-refractivity contribution in [2.24, 2.45) is 11.1 Å². The Labute approximate surface area is 122 Å². The van der Waals surface area contributed by atoms with Gasteiger partial charge in [-0.25, -0.2) is 0 Å². The predicted octanol–water partition coefficient (Wildman–Crippen LogP) is 1.68. The van der Waals surface area contributed by atoms with Gasteiger partial charge < -0.3 is 16.0 Å². The Morgan fingerprint density at radius 3 is 2.32 bits per heavy atom. The minimum atomic E-state index is -0.735. The van der Waals surface area contributed by atoms with Gasteiger partial charge >= 0.3 is 0 Å². The van der Waals surface area contributed by atoms with E-state index in [4.69, 9.17) is 18.0 Å². The van der Waals surface area contributed by atoms with Gasteiger partial charge in [0.1, 0.15) is 0 Å². The zero-order valence-electron chi connectivity index (χ0n) is 12.6. The van der Waals surface area contributed by atoms with E-state index in [9.17, 15) is 4.79 Å². The highest BCUT2D eigenvalue weighted by Crippen LogP contribution is 2.33. The van der Waals surface area contributed by atoms with Gasteiger partial charge in [-0.05, 0) is 40.3 Å². The molecule has 0 radical (unpaired) electrons. The number of nitrogens with zero attached hydrogens (tertiary/aromatic N) is 1. The van der Waals surface area contributed by atoms with Gasteiger partial charge in [-0.1, -0.05) is 32.0 Å². The molecule has 110 valence electrons. The van der Waals surface area contributed by atoms with Crippen LogP contribution in [0.25, 0.3) is 0 Å². The van der Waals surface area contributed by atoms with Crippen molar-refractivity contribution >= 4 is 23.1 Å². The van der Waals surface area contributed by atoms with E-state index < -0.39 is 5.41 Å². The molecule has 0 aromatic heterocycles. The lowest BCUT2D eigenvalue weighted by molar-refractivity contribution is -0.127. The van der Waals surface area contributed by atoms with Gasteiger partial charge in [-0.2, -0.15) is 0 Å². The first kappa shape index (κ1) is 16.4. The van der Waals surface area contributed by atoms with Crippen molar-refractivity contribution < 1.29 is 4.79 Å². The standard InChI is InChI=1S/C14H27N3OS/c1-5-13(2,11(15)19)12(18)16-10-14(17(3)4)8-6-7-9-14/h5-10H2,1-4H3,(H2,15,19)(H,16,18). The van der Waals surface area contributed by atoms with Crippen molar-refractivity contribution in [1.82, 2.24) is 10.2 Å². The molecule has 0 bridgehead atoms. The first-order chi connectivity index (χ1) is 8.78. The lowest BCUT2D eigenvalue weighted by Crippen LogP contribution is -2.54. The van der Waals surface area contributed by atoms with Crippen LogP contribution in [-0.4, -0.2) is 42.0 Å². The number of hydrogen-bond acceptors (Lipinski definition) is 3. The maximum absolute atomic E-state index is 12.4. The molecule has 0 aromatic rings. The third kappa shape index (κ3) is 3.26. The van der Waals surface area contributed by atoms with Gasteiger partial charge in [0.15, 0.2) is 0 Å². The molecule has 0 spiro atoms. The van der Waals surface area contributed by atoms with Gasteiger partial charge in [-0.15, -0.1) is 0 Å². The molecule has 1 fully saturated rings. The molecule has 1 aliphatic rings. The zero-order valence-corrected chi connectivity index (χ0v) is 13.4. The maximum Gasteiger partial charge on any atom is 0.232 e. The van der Waals surface area contributed by atoms with Crippen LogP contribution in [0.5, 0.6) is 0 Å². The van der Waals surface area contributed by atoms with Gasteiger partial charge in [0.2, 0.25) is 5.91 Å². The van der Waals surface area contributed by atoms with E-state index in [1.165, 1.54) is 12.8 Å². The van der Waals surface area contributed by atoms with Crippen LogP contribution in [0.3, 0.4) is 0 Å². The maximum atomic E-state index is 12.4. The highest BCUT2D eigenvalue weighted by Gasteiger charge is 2.39. The Hall–Kier alpha value is -0.680. The molecular formula is C14H27N3OS. The number of likely N-dealkylation sites (N-methyl/N-ethyl adjacent to an activating group) is 1. The smallest absolute Gasteiger partial charge is 0.232 e. The lowest BCUT2D eigenvalue weighted by atomic mass is 9.86. The average molecular weight is 285 g/mol. The molecule has 0 saturated heterocycles. The molecule has 4 nitrogen and oxygen atoms in total.